The van der Waals surface area contributed by atoms with Gasteiger partial charge in [-0.3, -0.25) is 0 Å². The molecule has 3 saturated carbocycles. The third-order valence-corrected chi connectivity index (χ3v) is 9.35. The van der Waals surface area contributed by atoms with Gasteiger partial charge < -0.3 is 25.2 Å². The molecule has 27 heavy (non-hydrogen) atoms. The number of methoxy groups -OCH3 is 1. The molecule has 0 aromatic carbocycles. The van der Waals surface area contributed by atoms with Gasteiger partial charge in [0.2, 0.25) is 0 Å². The maximum atomic E-state index is 12.0. The molecular weight excluding hydrogens is 344 g/mol. The highest BCUT2D eigenvalue weighted by atomic mass is 16.5. The van der Waals surface area contributed by atoms with Crippen molar-refractivity contribution in [2.75, 3.05) is 13.7 Å². The topological polar surface area (TPSA) is 90.2 Å². The summed E-state index contributed by atoms with van der Waals surface area (Å²) in [5.41, 5.74) is -1.65. The number of hydrogen-bond acceptors (Lipinski definition) is 5. The molecule has 4 aliphatic carbocycles. The Kier molecular flexibility index (Phi) is 4.60. The predicted octanol–water partition coefficient (Wildman–Crippen LogP) is 2.16. The number of fused-ring (bicyclic) bond motifs is 5. The molecule has 0 saturated heterocycles. The lowest BCUT2D eigenvalue weighted by atomic mass is 9.45. The SMILES string of the molecule is COC[C@H](O)[C@]1(O)CC[C@]2(O)[C@H]3CC=C4C[C@@H](O)CC[C@]4(C)[C@@H]3CC[C@]12C. The van der Waals surface area contributed by atoms with Crippen LogP contribution in [0.25, 0.3) is 0 Å². The van der Waals surface area contributed by atoms with Crippen molar-refractivity contribution < 1.29 is 25.2 Å². The Morgan fingerprint density at radius 1 is 1.11 bits per heavy atom. The molecule has 0 radical (unpaired) electrons. The monoisotopic (exact) mass is 380 g/mol. The van der Waals surface area contributed by atoms with Gasteiger partial charge in [-0.2, -0.15) is 0 Å². The van der Waals surface area contributed by atoms with Crippen LogP contribution >= 0.6 is 0 Å². The molecule has 3 fully saturated rings. The maximum absolute atomic E-state index is 12.0. The van der Waals surface area contributed by atoms with Crippen molar-refractivity contribution in [3.63, 3.8) is 0 Å². The summed E-state index contributed by atoms with van der Waals surface area (Å²) < 4.78 is 5.12. The van der Waals surface area contributed by atoms with E-state index < -0.39 is 22.7 Å². The molecule has 0 amide bonds. The van der Waals surface area contributed by atoms with Crippen LogP contribution in [0.1, 0.15) is 65.2 Å². The maximum Gasteiger partial charge on any atom is 0.107 e. The summed E-state index contributed by atoms with van der Waals surface area (Å²) in [5, 5.41) is 44.3. The largest absolute Gasteiger partial charge is 0.393 e. The van der Waals surface area contributed by atoms with E-state index in [9.17, 15) is 20.4 Å². The Morgan fingerprint density at radius 2 is 1.85 bits per heavy atom. The van der Waals surface area contributed by atoms with Crippen LogP contribution in [0.5, 0.6) is 0 Å². The van der Waals surface area contributed by atoms with Gasteiger partial charge in [0.25, 0.3) is 0 Å². The molecule has 4 N–H and O–H groups in total. The fourth-order valence-corrected chi connectivity index (χ4v) is 7.49. The first-order valence-electron chi connectivity index (χ1n) is 10.6. The second kappa shape index (κ2) is 6.27. The molecule has 0 spiro atoms. The van der Waals surface area contributed by atoms with Crippen LogP contribution in [0.15, 0.2) is 11.6 Å². The zero-order valence-electron chi connectivity index (χ0n) is 16.9. The van der Waals surface area contributed by atoms with Gasteiger partial charge in [-0.05, 0) is 68.6 Å². The zero-order chi connectivity index (χ0) is 19.7. The van der Waals surface area contributed by atoms with Crippen molar-refractivity contribution in [3.8, 4) is 0 Å². The first kappa shape index (κ1) is 19.8. The lowest BCUT2D eigenvalue weighted by Crippen LogP contribution is -2.66. The predicted molar refractivity (Wildman–Crippen MR) is 102 cm³/mol. The van der Waals surface area contributed by atoms with E-state index in [2.05, 4.69) is 13.0 Å². The molecule has 0 aromatic heterocycles. The van der Waals surface area contributed by atoms with Gasteiger partial charge in [0.1, 0.15) is 11.7 Å². The molecule has 0 aliphatic heterocycles. The fourth-order valence-electron chi connectivity index (χ4n) is 7.49. The van der Waals surface area contributed by atoms with Gasteiger partial charge in [-0.25, -0.2) is 0 Å². The normalized spacial score (nSPS) is 53.1. The minimum atomic E-state index is -1.32. The lowest BCUT2D eigenvalue weighted by molar-refractivity contribution is -0.241. The third-order valence-electron chi connectivity index (χ3n) is 9.35. The molecule has 0 aromatic rings. The van der Waals surface area contributed by atoms with E-state index in [1.54, 1.807) is 0 Å². The molecule has 0 unspecified atom stereocenters. The minimum Gasteiger partial charge on any atom is -0.393 e. The number of rotatable bonds is 3. The second-order valence-corrected chi connectivity index (χ2v) is 10.2. The van der Waals surface area contributed by atoms with Crippen LogP contribution in [0.4, 0.5) is 0 Å². The van der Waals surface area contributed by atoms with E-state index in [0.717, 1.165) is 32.1 Å². The van der Waals surface area contributed by atoms with E-state index >= 15 is 0 Å². The Bertz CT molecular complexity index is 634. The number of allylic oxidation sites excluding steroid dienone is 1. The van der Waals surface area contributed by atoms with Crippen molar-refractivity contribution in [1.29, 1.82) is 0 Å². The van der Waals surface area contributed by atoms with Gasteiger partial charge in [-0.15, -0.1) is 0 Å². The molecule has 0 heterocycles. The lowest BCUT2D eigenvalue weighted by Gasteiger charge is -2.62. The third kappa shape index (κ3) is 2.42. The molecule has 4 rings (SSSR count). The second-order valence-electron chi connectivity index (χ2n) is 10.2. The van der Waals surface area contributed by atoms with Crippen molar-refractivity contribution in [2.45, 2.75) is 88.6 Å². The standard InChI is InChI=1S/C22H36O5/c1-19-8-6-15(23)12-14(19)4-5-17-16(19)7-9-20(2)21(17,25)10-11-22(20,26)18(24)13-27-3/h4,15-18,23-26H,5-13H2,1-3H3/t15-,16+,17-,18-,19-,20-,21-,22+/m0/s1. The number of ether oxygens (including phenoxy) is 1. The zero-order valence-corrected chi connectivity index (χ0v) is 16.9. The highest BCUT2D eigenvalue weighted by molar-refractivity contribution is 5.30. The molecular formula is C22H36O5. The summed E-state index contributed by atoms with van der Waals surface area (Å²) in [6.45, 7) is 4.37. The summed E-state index contributed by atoms with van der Waals surface area (Å²) in [5.74, 6) is 0.453. The van der Waals surface area contributed by atoms with Crippen molar-refractivity contribution in [2.24, 2.45) is 22.7 Å². The van der Waals surface area contributed by atoms with Gasteiger partial charge in [0, 0.05) is 12.5 Å². The average molecular weight is 381 g/mol. The molecule has 4 aliphatic rings. The van der Waals surface area contributed by atoms with Crippen molar-refractivity contribution in [1.82, 2.24) is 0 Å². The van der Waals surface area contributed by atoms with E-state index in [4.69, 9.17) is 4.74 Å². The summed E-state index contributed by atoms with van der Waals surface area (Å²) >= 11 is 0. The Hall–Kier alpha value is -0.460. The summed E-state index contributed by atoms with van der Waals surface area (Å²) in [6, 6.07) is 0. The summed E-state index contributed by atoms with van der Waals surface area (Å²) in [7, 11) is 1.53. The van der Waals surface area contributed by atoms with E-state index in [1.165, 1.54) is 12.7 Å². The minimum absolute atomic E-state index is 0.0328. The van der Waals surface area contributed by atoms with E-state index in [1.807, 2.05) is 6.92 Å². The van der Waals surface area contributed by atoms with Gasteiger partial charge in [0.15, 0.2) is 0 Å². The van der Waals surface area contributed by atoms with Crippen LogP contribution in [-0.4, -0.2) is 57.6 Å². The van der Waals surface area contributed by atoms with Crippen LogP contribution in [0.2, 0.25) is 0 Å². The highest BCUT2D eigenvalue weighted by Gasteiger charge is 2.72. The quantitative estimate of drug-likeness (QED) is 0.564. The van der Waals surface area contributed by atoms with Crippen LogP contribution in [-0.2, 0) is 4.74 Å². The van der Waals surface area contributed by atoms with E-state index in [-0.39, 0.29) is 24.0 Å². The first-order valence-corrected chi connectivity index (χ1v) is 10.6. The van der Waals surface area contributed by atoms with Gasteiger partial charge in [0.05, 0.1) is 18.3 Å². The van der Waals surface area contributed by atoms with Crippen LogP contribution in [0.3, 0.4) is 0 Å². The van der Waals surface area contributed by atoms with E-state index in [0.29, 0.717) is 25.2 Å². The molecule has 154 valence electrons. The van der Waals surface area contributed by atoms with Gasteiger partial charge >= 0.3 is 0 Å². The van der Waals surface area contributed by atoms with Crippen molar-refractivity contribution in [3.05, 3.63) is 11.6 Å². The molecule has 5 heteroatoms. The first-order chi connectivity index (χ1) is 12.6. The number of aliphatic hydroxyl groups excluding tert-OH is 2. The molecule has 0 bridgehead atoms. The Morgan fingerprint density at radius 3 is 2.56 bits per heavy atom. The van der Waals surface area contributed by atoms with Crippen LogP contribution in [0, 0.1) is 22.7 Å². The highest BCUT2D eigenvalue weighted by Crippen LogP contribution is 2.69. The Balaban J connectivity index is 1.70. The smallest absolute Gasteiger partial charge is 0.107 e. The Labute approximate surface area is 162 Å². The number of hydrogen-bond donors (Lipinski definition) is 4. The average Bonchev–Trinajstić information content (AvgIpc) is 2.85. The van der Waals surface area contributed by atoms with Crippen LogP contribution < -0.4 is 0 Å². The van der Waals surface area contributed by atoms with Crippen molar-refractivity contribution >= 4 is 0 Å². The fraction of sp³-hybridized carbons (Fsp3) is 0.909. The molecule has 5 nitrogen and oxygen atoms in total. The molecule has 8 atom stereocenters. The summed E-state index contributed by atoms with van der Waals surface area (Å²) in [6.07, 6.45) is 6.93. The van der Waals surface area contributed by atoms with Gasteiger partial charge in [-0.1, -0.05) is 25.5 Å². The number of aliphatic hydroxyl groups is 4. The summed E-state index contributed by atoms with van der Waals surface area (Å²) in [4.78, 5) is 0.